The predicted molar refractivity (Wildman–Crippen MR) is 74.4 cm³/mol. The molecule has 2 amide bonds. The number of nitrogens with zero attached hydrogens (tertiary/aromatic N) is 5. The largest absolute Gasteiger partial charge is 0.465 e. The Labute approximate surface area is 131 Å². The molecule has 2 fully saturated rings. The van der Waals surface area contributed by atoms with Gasteiger partial charge in [-0.2, -0.15) is 4.98 Å². The van der Waals surface area contributed by atoms with Gasteiger partial charge in [0.1, 0.15) is 6.04 Å². The van der Waals surface area contributed by atoms with Crippen molar-refractivity contribution in [2.24, 2.45) is 0 Å². The highest BCUT2D eigenvalue weighted by atomic mass is 16.5. The molecule has 2 aliphatic heterocycles. The number of amides is 2. The number of aromatic nitrogens is 2. The van der Waals surface area contributed by atoms with Crippen molar-refractivity contribution in [2.45, 2.75) is 6.04 Å². The van der Waals surface area contributed by atoms with Crippen molar-refractivity contribution in [3.8, 4) is 0 Å². The first kappa shape index (κ1) is 15.3. The number of morpholine rings is 1. The van der Waals surface area contributed by atoms with Crippen molar-refractivity contribution in [3.05, 3.63) is 5.89 Å². The molecule has 0 aromatic carbocycles. The van der Waals surface area contributed by atoms with Crippen LogP contribution in [0.2, 0.25) is 0 Å². The Kier molecular flexibility index (Phi) is 4.19. The van der Waals surface area contributed by atoms with E-state index in [1.807, 2.05) is 4.90 Å². The van der Waals surface area contributed by atoms with Crippen molar-refractivity contribution < 1.29 is 29.1 Å². The van der Waals surface area contributed by atoms with E-state index in [-0.39, 0.29) is 25.5 Å². The maximum absolute atomic E-state index is 11.4. The van der Waals surface area contributed by atoms with E-state index >= 15 is 0 Å². The Morgan fingerprint density at radius 3 is 2.48 bits per heavy atom. The monoisotopic (exact) mass is 327 g/mol. The summed E-state index contributed by atoms with van der Waals surface area (Å²) < 4.78 is 10.4. The first-order valence-corrected chi connectivity index (χ1v) is 7.20. The van der Waals surface area contributed by atoms with Gasteiger partial charge >= 0.3 is 12.2 Å². The van der Waals surface area contributed by atoms with E-state index in [0.717, 1.165) is 9.80 Å². The molecule has 1 unspecified atom stereocenters. The zero-order valence-corrected chi connectivity index (χ0v) is 12.3. The molecular formula is C12H17N5O6. The van der Waals surface area contributed by atoms with E-state index in [9.17, 15) is 14.7 Å². The van der Waals surface area contributed by atoms with Gasteiger partial charge in [0.2, 0.25) is 0 Å². The summed E-state index contributed by atoms with van der Waals surface area (Å²) in [5.41, 5.74) is 0. The second kappa shape index (κ2) is 6.28. The highest BCUT2D eigenvalue weighted by Gasteiger charge is 2.37. The minimum Gasteiger partial charge on any atom is -0.465 e. The van der Waals surface area contributed by atoms with Crippen molar-refractivity contribution in [1.82, 2.24) is 19.9 Å². The zero-order valence-electron chi connectivity index (χ0n) is 12.3. The smallest absolute Gasteiger partial charge is 0.408 e. The van der Waals surface area contributed by atoms with Crippen LogP contribution in [0, 0.1) is 0 Å². The molecule has 0 bridgehead atoms. The second-order valence-electron chi connectivity index (χ2n) is 5.25. The lowest BCUT2D eigenvalue weighted by Crippen LogP contribution is -2.51. The van der Waals surface area contributed by atoms with Crippen LogP contribution < -0.4 is 4.90 Å². The van der Waals surface area contributed by atoms with Crippen molar-refractivity contribution >= 4 is 18.1 Å². The summed E-state index contributed by atoms with van der Waals surface area (Å²) in [5.74, 6) is 0.459. The molecule has 23 heavy (non-hydrogen) atoms. The van der Waals surface area contributed by atoms with Crippen LogP contribution in [0.1, 0.15) is 11.9 Å². The molecule has 0 saturated carbocycles. The number of hydrogen-bond donors (Lipinski definition) is 2. The van der Waals surface area contributed by atoms with Crippen LogP contribution in [0.3, 0.4) is 0 Å². The molecule has 3 rings (SSSR count). The molecule has 1 atom stereocenters. The molecule has 0 spiro atoms. The molecule has 0 aliphatic carbocycles. The maximum atomic E-state index is 11.4. The SMILES string of the molecule is O=C(O)N1CCN(C(=O)O)C(c2nc(N3CCOCC3)no2)C1. The first-order chi connectivity index (χ1) is 11.1. The van der Waals surface area contributed by atoms with E-state index in [4.69, 9.17) is 14.4 Å². The fraction of sp³-hybridized carbons (Fsp3) is 0.667. The molecule has 2 saturated heterocycles. The number of carbonyl (C=O) groups is 2. The predicted octanol–water partition coefficient (Wildman–Crippen LogP) is -0.0791. The molecule has 11 heteroatoms. The highest BCUT2D eigenvalue weighted by molar-refractivity contribution is 5.68. The summed E-state index contributed by atoms with van der Waals surface area (Å²) in [6, 6.07) is -0.806. The van der Waals surface area contributed by atoms with Crippen LogP contribution >= 0.6 is 0 Å². The van der Waals surface area contributed by atoms with E-state index in [1.54, 1.807) is 0 Å². The Morgan fingerprint density at radius 2 is 1.83 bits per heavy atom. The van der Waals surface area contributed by atoms with Crippen LogP contribution in [0.4, 0.5) is 15.5 Å². The number of carboxylic acid groups (broad SMARTS) is 2. The van der Waals surface area contributed by atoms with Crippen LogP contribution in [0.5, 0.6) is 0 Å². The van der Waals surface area contributed by atoms with Gasteiger partial charge in [-0.25, -0.2) is 9.59 Å². The summed E-state index contributed by atoms with van der Waals surface area (Å²) in [7, 11) is 0. The summed E-state index contributed by atoms with van der Waals surface area (Å²) >= 11 is 0. The topological polar surface area (TPSA) is 132 Å². The molecule has 2 N–H and O–H groups in total. The van der Waals surface area contributed by atoms with E-state index in [2.05, 4.69) is 10.1 Å². The molecular weight excluding hydrogens is 310 g/mol. The van der Waals surface area contributed by atoms with Gasteiger partial charge in [-0.05, 0) is 5.16 Å². The van der Waals surface area contributed by atoms with Gasteiger partial charge in [0.25, 0.3) is 11.8 Å². The van der Waals surface area contributed by atoms with E-state index in [0.29, 0.717) is 32.3 Å². The molecule has 11 nitrogen and oxygen atoms in total. The van der Waals surface area contributed by atoms with Crippen LogP contribution in [0.25, 0.3) is 0 Å². The normalized spacial score (nSPS) is 22.3. The molecule has 3 heterocycles. The van der Waals surface area contributed by atoms with Crippen LogP contribution in [0.15, 0.2) is 4.52 Å². The van der Waals surface area contributed by atoms with Gasteiger partial charge in [0, 0.05) is 26.2 Å². The van der Waals surface area contributed by atoms with Gasteiger partial charge in [0.05, 0.1) is 19.8 Å². The molecule has 1 aromatic rings. The number of hydrogen-bond acceptors (Lipinski definition) is 7. The first-order valence-electron chi connectivity index (χ1n) is 7.20. The minimum atomic E-state index is -1.15. The van der Waals surface area contributed by atoms with Gasteiger partial charge < -0.3 is 29.3 Å². The molecule has 1 aromatic heterocycles. The third-order valence-electron chi connectivity index (χ3n) is 3.91. The number of piperazine rings is 1. The van der Waals surface area contributed by atoms with E-state index in [1.165, 1.54) is 0 Å². The van der Waals surface area contributed by atoms with Crippen LogP contribution in [-0.2, 0) is 4.74 Å². The van der Waals surface area contributed by atoms with Gasteiger partial charge in [-0.1, -0.05) is 0 Å². The quantitative estimate of drug-likeness (QED) is 0.765. The fourth-order valence-corrected chi connectivity index (χ4v) is 2.65. The standard InChI is InChI=1S/C12H17N5O6/c18-11(19)16-1-2-17(12(20)21)8(7-16)9-13-10(14-23-9)15-3-5-22-6-4-15/h8H,1-7H2,(H,18,19)(H,20,21). The highest BCUT2D eigenvalue weighted by Crippen LogP contribution is 2.26. The Balaban J connectivity index is 1.80. The lowest BCUT2D eigenvalue weighted by molar-refractivity contribution is 0.0525. The maximum Gasteiger partial charge on any atom is 0.408 e. The number of ether oxygens (including phenoxy) is 1. The summed E-state index contributed by atoms with van der Waals surface area (Å²) in [5, 5.41) is 22.3. The van der Waals surface area contributed by atoms with Gasteiger partial charge in [-0.15, -0.1) is 0 Å². The third-order valence-corrected chi connectivity index (χ3v) is 3.91. The molecule has 0 radical (unpaired) electrons. The second-order valence-corrected chi connectivity index (χ2v) is 5.25. The average molecular weight is 327 g/mol. The Bertz CT molecular complexity index is 586. The number of anilines is 1. The lowest BCUT2D eigenvalue weighted by Gasteiger charge is -2.36. The average Bonchev–Trinajstić information content (AvgIpc) is 3.05. The lowest BCUT2D eigenvalue weighted by atomic mass is 10.2. The fourth-order valence-electron chi connectivity index (χ4n) is 2.65. The molecule has 2 aliphatic rings. The zero-order chi connectivity index (χ0) is 16.4. The van der Waals surface area contributed by atoms with Gasteiger partial charge in [-0.3, -0.25) is 4.90 Å². The summed E-state index contributed by atoms with van der Waals surface area (Å²) in [6.07, 6.45) is -2.25. The van der Waals surface area contributed by atoms with Gasteiger partial charge in [0.15, 0.2) is 0 Å². The van der Waals surface area contributed by atoms with Crippen molar-refractivity contribution in [1.29, 1.82) is 0 Å². The Morgan fingerprint density at radius 1 is 1.09 bits per heavy atom. The summed E-state index contributed by atoms with van der Waals surface area (Å²) in [4.78, 5) is 30.9. The number of rotatable bonds is 2. The minimum absolute atomic E-state index is 0.0353. The molecule has 126 valence electrons. The van der Waals surface area contributed by atoms with Crippen LogP contribution in [-0.4, -0.2) is 88.3 Å². The Hall–Kier alpha value is -2.56. The van der Waals surface area contributed by atoms with E-state index < -0.39 is 18.2 Å². The van der Waals surface area contributed by atoms with Crippen molar-refractivity contribution in [2.75, 3.05) is 50.8 Å². The summed E-state index contributed by atoms with van der Waals surface area (Å²) in [6.45, 7) is 2.49. The third kappa shape index (κ3) is 3.13. The van der Waals surface area contributed by atoms with Crippen molar-refractivity contribution in [3.63, 3.8) is 0 Å².